The quantitative estimate of drug-likeness (QED) is 0.550. The van der Waals surface area contributed by atoms with E-state index in [-0.39, 0.29) is 18.1 Å². The third-order valence-electron chi connectivity index (χ3n) is 3.82. The molecule has 0 aliphatic heterocycles. The number of nitrogens with zero attached hydrogens (tertiary/aromatic N) is 2. The van der Waals surface area contributed by atoms with Gasteiger partial charge in [-0.1, -0.05) is 18.2 Å². The predicted octanol–water partition coefficient (Wildman–Crippen LogP) is 2.61. The summed E-state index contributed by atoms with van der Waals surface area (Å²) in [6, 6.07) is 14.5. The third-order valence-corrected chi connectivity index (χ3v) is 3.82. The second-order valence-corrected chi connectivity index (χ2v) is 5.46. The highest BCUT2D eigenvalue weighted by molar-refractivity contribution is 6.05. The van der Waals surface area contributed by atoms with Crippen molar-refractivity contribution >= 4 is 22.5 Å². The Bertz CT molecular complexity index is 920. The number of aliphatic hydroxyl groups excluding tert-OH is 1. The van der Waals surface area contributed by atoms with Crippen LogP contribution in [0.1, 0.15) is 22.0 Å². The maximum absolute atomic E-state index is 12.4. The first-order valence-electron chi connectivity index (χ1n) is 7.60. The molecule has 3 rings (SSSR count). The fraction of sp³-hybridized carbons (Fsp3) is 0.111. The van der Waals surface area contributed by atoms with Crippen molar-refractivity contribution in [2.75, 3.05) is 6.54 Å². The van der Waals surface area contributed by atoms with Gasteiger partial charge in [-0.3, -0.25) is 19.9 Å². The number of benzene rings is 2. The predicted molar refractivity (Wildman–Crippen MR) is 92.1 cm³/mol. The van der Waals surface area contributed by atoms with Crippen molar-refractivity contribution in [3.8, 4) is 0 Å². The summed E-state index contributed by atoms with van der Waals surface area (Å²) in [5.74, 6) is -0.342. The van der Waals surface area contributed by atoms with Crippen molar-refractivity contribution in [3.05, 3.63) is 82.0 Å². The van der Waals surface area contributed by atoms with Crippen LogP contribution in [0.3, 0.4) is 0 Å². The van der Waals surface area contributed by atoms with E-state index in [9.17, 15) is 20.0 Å². The van der Waals surface area contributed by atoms with Crippen molar-refractivity contribution in [1.82, 2.24) is 10.3 Å². The summed E-state index contributed by atoms with van der Waals surface area (Å²) in [6.07, 6.45) is 0.651. The first-order valence-corrected chi connectivity index (χ1v) is 7.60. The molecule has 1 atom stereocenters. The molecule has 126 valence electrons. The number of hydrogen-bond acceptors (Lipinski definition) is 5. The van der Waals surface area contributed by atoms with Crippen LogP contribution in [0.15, 0.2) is 60.8 Å². The van der Waals surface area contributed by atoms with Crippen LogP contribution in [0.5, 0.6) is 0 Å². The Morgan fingerprint density at radius 2 is 1.88 bits per heavy atom. The highest BCUT2D eigenvalue weighted by Gasteiger charge is 2.14. The molecule has 1 aromatic heterocycles. The summed E-state index contributed by atoms with van der Waals surface area (Å²) in [7, 11) is 0. The van der Waals surface area contributed by atoms with Gasteiger partial charge in [-0.25, -0.2) is 0 Å². The number of amides is 1. The molecule has 0 bridgehead atoms. The summed E-state index contributed by atoms with van der Waals surface area (Å²) in [5.41, 5.74) is 1.45. The molecule has 0 radical (unpaired) electrons. The second kappa shape index (κ2) is 7.06. The molecule has 7 nitrogen and oxygen atoms in total. The topological polar surface area (TPSA) is 105 Å². The van der Waals surface area contributed by atoms with Gasteiger partial charge in [0.15, 0.2) is 0 Å². The number of fused-ring (bicyclic) bond motifs is 1. The molecule has 1 heterocycles. The van der Waals surface area contributed by atoms with Crippen molar-refractivity contribution < 1.29 is 14.8 Å². The monoisotopic (exact) mass is 337 g/mol. The van der Waals surface area contributed by atoms with Crippen LogP contribution < -0.4 is 5.32 Å². The Balaban J connectivity index is 1.70. The number of non-ortho nitro benzene ring substituents is 1. The SMILES string of the molecule is O=C(NC[C@@H](O)c1ccc([N+](=O)[O-])cc1)c1cccc2cccnc12. The zero-order chi connectivity index (χ0) is 17.8. The van der Waals surface area contributed by atoms with Crippen LogP contribution in [-0.4, -0.2) is 27.5 Å². The number of carbonyl (C=O) groups excluding carboxylic acids is 1. The van der Waals surface area contributed by atoms with Crippen molar-refractivity contribution in [3.63, 3.8) is 0 Å². The molecule has 0 saturated carbocycles. The average Bonchev–Trinajstić information content (AvgIpc) is 2.65. The molecule has 3 aromatic rings. The number of aromatic nitrogens is 1. The number of para-hydroxylation sites is 1. The molecule has 1 amide bonds. The van der Waals surface area contributed by atoms with Gasteiger partial charge in [-0.15, -0.1) is 0 Å². The zero-order valence-electron chi connectivity index (χ0n) is 13.1. The number of aliphatic hydroxyl groups is 1. The van der Waals surface area contributed by atoms with E-state index in [0.717, 1.165) is 5.39 Å². The Morgan fingerprint density at radius 1 is 1.16 bits per heavy atom. The van der Waals surface area contributed by atoms with Crippen LogP contribution in [0, 0.1) is 10.1 Å². The minimum absolute atomic E-state index is 0.0140. The van der Waals surface area contributed by atoms with Crippen LogP contribution in [0.25, 0.3) is 10.9 Å². The number of rotatable bonds is 5. The maximum Gasteiger partial charge on any atom is 0.269 e. The minimum Gasteiger partial charge on any atom is -0.387 e. The molecule has 2 aromatic carbocycles. The molecule has 0 saturated heterocycles. The lowest BCUT2D eigenvalue weighted by Gasteiger charge is -2.13. The fourth-order valence-electron chi connectivity index (χ4n) is 2.51. The van der Waals surface area contributed by atoms with Gasteiger partial charge in [-0.2, -0.15) is 0 Å². The standard InChI is InChI=1S/C18H15N3O4/c22-16(12-6-8-14(9-7-12)21(24)25)11-20-18(23)15-5-1-3-13-4-2-10-19-17(13)15/h1-10,16,22H,11H2,(H,20,23)/t16-/m1/s1. The molecular weight excluding hydrogens is 322 g/mol. The van der Waals surface area contributed by atoms with E-state index in [1.807, 2.05) is 12.1 Å². The third kappa shape index (κ3) is 3.61. The van der Waals surface area contributed by atoms with Gasteiger partial charge >= 0.3 is 0 Å². The molecule has 0 unspecified atom stereocenters. The Morgan fingerprint density at radius 3 is 2.60 bits per heavy atom. The second-order valence-electron chi connectivity index (χ2n) is 5.46. The molecule has 7 heteroatoms. The average molecular weight is 337 g/mol. The number of carbonyl (C=O) groups is 1. The molecular formula is C18H15N3O4. The van der Waals surface area contributed by atoms with E-state index >= 15 is 0 Å². The van der Waals surface area contributed by atoms with Gasteiger partial charge in [0.1, 0.15) is 0 Å². The van der Waals surface area contributed by atoms with E-state index in [1.165, 1.54) is 24.3 Å². The van der Waals surface area contributed by atoms with Crippen molar-refractivity contribution in [2.45, 2.75) is 6.10 Å². The highest BCUT2D eigenvalue weighted by atomic mass is 16.6. The van der Waals surface area contributed by atoms with E-state index in [0.29, 0.717) is 16.6 Å². The Hall–Kier alpha value is -3.32. The number of hydrogen-bond donors (Lipinski definition) is 2. The van der Waals surface area contributed by atoms with Crippen molar-refractivity contribution in [1.29, 1.82) is 0 Å². The summed E-state index contributed by atoms with van der Waals surface area (Å²) in [6.45, 7) is -0.0140. The Kier molecular flexibility index (Phi) is 4.67. The van der Waals surface area contributed by atoms with Gasteiger partial charge in [0, 0.05) is 30.3 Å². The fourth-order valence-corrected chi connectivity index (χ4v) is 2.51. The smallest absolute Gasteiger partial charge is 0.269 e. The zero-order valence-corrected chi connectivity index (χ0v) is 13.1. The van der Waals surface area contributed by atoms with Gasteiger partial charge < -0.3 is 10.4 Å². The summed E-state index contributed by atoms with van der Waals surface area (Å²) < 4.78 is 0. The Labute approximate surface area is 143 Å². The largest absolute Gasteiger partial charge is 0.387 e. The molecule has 25 heavy (non-hydrogen) atoms. The summed E-state index contributed by atoms with van der Waals surface area (Å²) in [5, 5.41) is 24.3. The van der Waals surface area contributed by atoms with E-state index in [4.69, 9.17) is 0 Å². The van der Waals surface area contributed by atoms with Crippen LogP contribution >= 0.6 is 0 Å². The van der Waals surface area contributed by atoms with Gasteiger partial charge in [0.2, 0.25) is 0 Å². The van der Waals surface area contributed by atoms with E-state index < -0.39 is 11.0 Å². The van der Waals surface area contributed by atoms with E-state index in [2.05, 4.69) is 10.3 Å². The summed E-state index contributed by atoms with van der Waals surface area (Å²) >= 11 is 0. The summed E-state index contributed by atoms with van der Waals surface area (Å²) in [4.78, 5) is 26.7. The van der Waals surface area contributed by atoms with Crippen molar-refractivity contribution in [2.24, 2.45) is 0 Å². The molecule has 0 aliphatic rings. The molecule has 0 spiro atoms. The van der Waals surface area contributed by atoms with Crippen LogP contribution in [0.4, 0.5) is 5.69 Å². The minimum atomic E-state index is -0.965. The molecule has 0 aliphatic carbocycles. The molecule has 2 N–H and O–H groups in total. The highest BCUT2D eigenvalue weighted by Crippen LogP contribution is 2.18. The first-order chi connectivity index (χ1) is 12.1. The first kappa shape index (κ1) is 16.5. The normalized spacial score (nSPS) is 11.9. The number of nitro groups is 1. The lowest BCUT2D eigenvalue weighted by Crippen LogP contribution is -2.28. The lowest BCUT2D eigenvalue weighted by atomic mass is 10.1. The van der Waals surface area contributed by atoms with Gasteiger partial charge in [0.05, 0.1) is 22.1 Å². The number of pyridine rings is 1. The van der Waals surface area contributed by atoms with E-state index in [1.54, 1.807) is 24.4 Å². The maximum atomic E-state index is 12.4. The van der Waals surface area contributed by atoms with Crippen LogP contribution in [-0.2, 0) is 0 Å². The van der Waals surface area contributed by atoms with Gasteiger partial charge in [0.25, 0.3) is 11.6 Å². The number of nitro benzene ring substituents is 1. The van der Waals surface area contributed by atoms with Gasteiger partial charge in [-0.05, 0) is 29.8 Å². The molecule has 0 fully saturated rings. The number of nitrogens with one attached hydrogen (secondary N) is 1. The lowest BCUT2D eigenvalue weighted by molar-refractivity contribution is -0.384. The van der Waals surface area contributed by atoms with Crippen LogP contribution in [0.2, 0.25) is 0 Å².